The number of hydrogen-bond acceptors (Lipinski definition) is 2. The number of rotatable bonds is 5. The molecule has 3 heterocycles. The van der Waals surface area contributed by atoms with Crippen molar-refractivity contribution in [1.82, 2.24) is 14.1 Å². The van der Waals surface area contributed by atoms with Crippen LogP contribution < -0.4 is 0 Å². The fraction of sp³-hybridized carbons (Fsp3) is 0. The summed E-state index contributed by atoms with van der Waals surface area (Å²) in [6.07, 6.45) is 0. The minimum Gasteiger partial charge on any atom is -0.309 e. The number of hydrogen-bond donors (Lipinski definition) is 0. The molecule has 0 bridgehead atoms. The molecular formula is C49H31N3S. The van der Waals surface area contributed by atoms with Crippen LogP contribution in [0.4, 0.5) is 0 Å². The summed E-state index contributed by atoms with van der Waals surface area (Å²) in [5, 5.41) is 5.15. The van der Waals surface area contributed by atoms with Gasteiger partial charge >= 0.3 is 0 Å². The van der Waals surface area contributed by atoms with Gasteiger partial charge in [0.2, 0.25) is 0 Å². The number of benzene rings is 8. The van der Waals surface area contributed by atoms with Crippen LogP contribution in [0, 0.1) is 0 Å². The summed E-state index contributed by atoms with van der Waals surface area (Å²) in [5.74, 6) is 0.927. The van der Waals surface area contributed by atoms with Gasteiger partial charge in [-0.15, -0.1) is 11.3 Å². The van der Waals surface area contributed by atoms with Crippen molar-refractivity contribution in [2.75, 3.05) is 0 Å². The molecule has 0 N–H and O–H groups in total. The van der Waals surface area contributed by atoms with Gasteiger partial charge in [0.25, 0.3) is 0 Å². The first-order valence-corrected chi connectivity index (χ1v) is 18.8. The minimum atomic E-state index is 0.927. The fourth-order valence-corrected chi connectivity index (χ4v) is 9.31. The molecule has 0 unspecified atom stereocenters. The predicted molar refractivity (Wildman–Crippen MR) is 225 cm³/mol. The molecular weight excluding hydrogens is 663 g/mol. The van der Waals surface area contributed by atoms with Gasteiger partial charge in [-0.3, -0.25) is 4.57 Å². The quantitative estimate of drug-likeness (QED) is 0.176. The highest BCUT2D eigenvalue weighted by Crippen LogP contribution is 2.42. The Bertz CT molecular complexity index is 3150. The largest absolute Gasteiger partial charge is 0.309 e. The first-order chi connectivity index (χ1) is 26.3. The molecule has 0 spiro atoms. The third-order valence-corrected chi connectivity index (χ3v) is 11.8. The monoisotopic (exact) mass is 693 g/mol. The summed E-state index contributed by atoms with van der Waals surface area (Å²) in [7, 11) is 0. The topological polar surface area (TPSA) is 22.8 Å². The molecule has 248 valence electrons. The lowest BCUT2D eigenvalue weighted by atomic mass is 10.0. The van der Waals surface area contributed by atoms with Crippen molar-refractivity contribution in [3.05, 3.63) is 188 Å². The molecule has 0 amide bonds. The Labute approximate surface area is 310 Å². The lowest BCUT2D eigenvalue weighted by Crippen LogP contribution is -1.99. The van der Waals surface area contributed by atoms with Crippen LogP contribution in [-0.4, -0.2) is 14.1 Å². The molecule has 11 aromatic rings. The molecule has 0 saturated carbocycles. The van der Waals surface area contributed by atoms with Gasteiger partial charge in [0.1, 0.15) is 5.82 Å². The summed E-state index contributed by atoms with van der Waals surface area (Å²) >= 11 is 1.88. The van der Waals surface area contributed by atoms with E-state index in [0.29, 0.717) is 0 Å². The molecule has 53 heavy (non-hydrogen) atoms. The zero-order valence-electron chi connectivity index (χ0n) is 28.6. The SMILES string of the molecule is c1ccc(-c2ccc(-c3nc4ccccc4n3-c3ccc(-n4c5ccccc5c5cc(-c6cccc7c6sc6ccccc67)ccc54)cc3)cc2)cc1. The number of para-hydroxylation sites is 3. The van der Waals surface area contributed by atoms with Crippen molar-refractivity contribution in [1.29, 1.82) is 0 Å². The number of aromatic nitrogens is 3. The Kier molecular flexibility index (Phi) is 6.73. The van der Waals surface area contributed by atoms with E-state index in [1.54, 1.807) is 0 Å². The van der Waals surface area contributed by atoms with Crippen molar-refractivity contribution < 1.29 is 0 Å². The second kappa shape index (κ2) is 11.9. The Morgan fingerprint density at radius 3 is 1.81 bits per heavy atom. The Morgan fingerprint density at radius 1 is 0.377 bits per heavy atom. The second-order valence-electron chi connectivity index (χ2n) is 13.6. The van der Waals surface area contributed by atoms with Gasteiger partial charge in [0, 0.05) is 47.9 Å². The van der Waals surface area contributed by atoms with Gasteiger partial charge in [0.15, 0.2) is 0 Å². The van der Waals surface area contributed by atoms with Crippen LogP contribution in [0.5, 0.6) is 0 Å². The highest BCUT2D eigenvalue weighted by molar-refractivity contribution is 7.26. The maximum atomic E-state index is 5.14. The van der Waals surface area contributed by atoms with Crippen LogP contribution in [0.15, 0.2) is 188 Å². The zero-order chi connectivity index (χ0) is 34.9. The highest BCUT2D eigenvalue weighted by Gasteiger charge is 2.18. The third-order valence-electron chi connectivity index (χ3n) is 10.6. The van der Waals surface area contributed by atoms with Crippen LogP contribution in [0.1, 0.15) is 0 Å². The lowest BCUT2D eigenvalue weighted by Gasteiger charge is -2.13. The Hall–Kier alpha value is -6.75. The van der Waals surface area contributed by atoms with E-state index in [2.05, 4.69) is 197 Å². The number of imidazole rings is 1. The van der Waals surface area contributed by atoms with Crippen LogP contribution in [0.3, 0.4) is 0 Å². The number of fused-ring (bicyclic) bond motifs is 7. The van der Waals surface area contributed by atoms with Crippen molar-refractivity contribution in [3.8, 4) is 45.0 Å². The van der Waals surface area contributed by atoms with Crippen molar-refractivity contribution in [3.63, 3.8) is 0 Å². The average molecular weight is 694 g/mol. The molecule has 8 aromatic carbocycles. The van der Waals surface area contributed by atoms with E-state index in [4.69, 9.17) is 4.98 Å². The van der Waals surface area contributed by atoms with Gasteiger partial charge in [-0.05, 0) is 82.9 Å². The van der Waals surface area contributed by atoms with Crippen LogP contribution >= 0.6 is 11.3 Å². The first kappa shape index (κ1) is 29.9. The second-order valence-corrected chi connectivity index (χ2v) is 14.6. The molecule has 0 aliphatic carbocycles. The molecule has 0 aliphatic rings. The van der Waals surface area contributed by atoms with E-state index < -0.39 is 0 Å². The summed E-state index contributed by atoms with van der Waals surface area (Å²) < 4.78 is 7.34. The van der Waals surface area contributed by atoms with Crippen LogP contribution in [-0.2, 0) is 0 Å². The van der Waals surface area contributed by atoms with Gasteiger partial charge < -0.3 is 4.57 Å². The molecule has 0 radical (unpaired) electrons. The molecule has 0 fully saturated rings. The molecule has 3 aromatic heterocycles. The smallest absolute Gasteiger partial charge is 0.145 e. The molecule has 0 saturated heterocycles. The van der Waals surface area contributed by atoms with Crippen molar-refractivity contribution in [2.24, 2.45) is 0 Å². The van der Waals surface area contributed by atoms with Gasteiger partial charge in [-0.1, -0.05) is 127 Å². The van der Waals surface area contributed by atoms with E-state index in [0.717, 1.165) is 33.8 Å². The summed E-state index contributed by atoms with van der Waals surface area (Å²) in [6, 6.07) is 67.8. The average Bonchev–Trinajstić information content (AvgIpc) is 3.91. The Morgan fingerprint density at radius 2 is 0.981 bits per heavy atom. The van der Waals surface area contributed by atoms with Gasteiger partial charge in [0.05, 0.1) is 22.1 Å². The summed E-state index contributed by atoms with van der Waals surface area (Å²) in [6.45, 7) is 0. The van der Waals surface area contributed by atoms with Crippen LogP contribution in [0.25, 0.3) is 98.0 Å². The van der Waals surface area contributed by atoms with E-state index in [9.17, 15) is 0 Å². The highest BCUT2D eigenvalue weighted by atomic mass is 32.1. The third kappa shape index (κ3) is 4.77. The number of thiophene rings is 1. The van der Waals surface area contributed by atoms with E-state index in [1.165, 1.54) is 64.2 Å². The van der Waals surface area contributed by atoms with Crippen molar-refractivity contribution in [2.45, 2.75) is 0 Å². The summed E-state index contributed by atoms with van der Waals surface area (Å²) in [5.41, 5.74) is 12.6. The minimum absolute atomic E-state index is 0.927. The van der Waals surface area contributed by atoms with Gasteiger partial charge in [-0.2, -0.15) is 0 Å². The normalized spacial score (nSPS) is 11.8. The fourth-order valence-electron chi connectivity index (χ4n) is 8.07. The molecule has 4 heteroatoms. The molecule has 0 aliphatic heterocycles. The lowest BCUT2D eigenvalue weighted by molar-refractivity contribution is 1.09. The van der Waals surface area contributed by atoms with Gasteiger partial charge in [-0.25, -0.2) is 4.98 Å². The van der Waals surface area contributed by atoms with E-state index in [-0.39, 0.29) is 0 Å². The van der Waals surface area contributed by atoms with E-state index in [1.807, 2.05) is 11.3 Å². The maximum Gasteiger partial charge on any atom is 0.145 e. The maximum absolute atomic E-state index is 5.14. The predicted octanol–water partition coefficient (Wildman–Crippen LogP) is 13.5. The van der Waals surface area contributed by atoms with Crippen molar-refractivity contribution >= 4 is 64.3 Å². The first-order valence-electron chi connectivity index (χ1n) is 18.0. The molecule has 0 atom stereocenters. The summed E-state index contributed by atoms with van der Waals surface area (Å²) in [4.78, 5) is 5.14. The molecule has 3 nitrogen and oxygen atoms in total. The molecule has 11 rings (SSSR count). The standard InChI is InChI=1S/C49H31N3S/c1-2-11-32(12-3-1)33-21-23-34(24-22-33)49-50-43-17-6-8-19-46(43)52(49)37-28-26-36(27-29-37)51-44-18-7-4-13-39(44)42-31-35(25-30-45(42)51)38-15-10-16-41-40-14-5-9-20-47(40)53-48(38)41/h1-31H. The Balaban J connectivity index is 1.02. The van der Waals surface area contributed by atoms with E-state index >= 15 is 0 Å². The van der Waals surface area contributed by atoms with Crippen LogP contribution in [0.2, 0.25) is 0 Å². The number of nitrogens with zero attached hydrogens (tertiary/aromatic N) is 3. The zero-order valence-corrected chi connectivity index (χ0v) is 29.5.